The number of nitrogens with one attached hydrogen (secondary N) is 2. The number of aromatic hydroxyl groups is 1. The second kappa shape index (κ2) is 9.48. The van der Waals surface area contributed by atoms with Gasteiger partial charge in [-0.3, -0.25) is 15.3 Å². The van der Waals surface area contributed by atoms with Gasteiger partial charge in [-0.1, -0.05) is 0 Å². The van der Waals surface area contributed by atoms with Crippen LogP contribution < -0.4 is 10.7 Å². The van der Waals surface area contributed by atoms with Crippen molar-refractivity contribution < 1.29 is 14.9 Å². The number of pyridine rings is 1. The molecule has 1 aliphatic rings. The number of morpholine rings is 1. The van der Waals surface area contributed by atoms with Gasteiger partial charge in [-0.05, 0) is 19.1 Å². The average Bonchev–Trinajstić information content (AvgIpc) is 2.60. The monoisotopic (exact) mass is 353 g/mol. The van der Waals surface area contributed by atoms with Crippen molar-refractivity contribution in [2.24, 2.45) is 5.10 Å². The van der Waals surface area contributed by atoms with E-state index in [2.05, 4.69) is 25.7 Å². The van der Waals surface area contributed by atoms with E-state index < -0.39 is 0 Å². The van der Waals surface area contributed by atoms with Crippen LogP contribution in [0.3, 0.4) is 0 Å². The fraction of sp³-hybridized carbons (Fsp3) is 0.533. The fourth-order valence-electron chi connectivity index (χ4n) is 2.27. The van der Waals surface area contributed by atoms with E-state index in [1.165, 1.54) is 12.4 Å². The molecule has 1 aromatic rings. The van der Waals surface area contributed by atoms with E-state index in [4.69, 9.17) is 17.0 Å². The Morgan fingerprint density at radius 2 is 2.25 bits per heavy atom. The van der Waals surface area contributed by atoms with Gasteiger partial charge in [-0.15, -0.1) is 0 Å². The van der Waals surface area contributed by atoms with Crippen molar-refractivity contribution in [3.8, 4) is 5.75 Å². The zero-order valence-corrected chi connectivity index (χ0v) is 14.5. The molecular formula is C15H23N5O3S. The average molecular weight is 353 g/mol. The summed E-state index contributed by atoms with van der Waals surface area (Å²) in [6, 6.07) is 0. The number of hydrazone groups is 1. The van der Waals surface area contributed by atoms with Gasteiger partial charge < -0.3 is 20.3 Å². The van der Waals surface area contributed by atoms with Crippen molar-refractivity contribution in [2.45, 2.75) is 13.5 Å². The van der Waals surface area contributed by atoms with E-state index in [0.29, 0.717) is 28.5 Å². The van der Waals surface area contributed by atoms with Gasteiger partial charge in [0.2, 0.25) is 0 Å². The number of thiocarbonyl (C=S) groups is 1. The quantitative estimate of drug-likeness (QED) is 0.315. The lowest BCUT2D eigenvalue weighted by atomic mass is 10.1. The molecule has 1 aliphatic heterocycles. The Hall–Kier alpha value is -1.81. The van der Waals surface area contributed by atoms with Crippen LogP contribution in [0.1, 0.15) is 16.8 Å². The molecule has 24 heavy (non-hydrogen) atoms. The van der Waals surface area contributed by atoms with Crippen molar-refractivity contribution >= 4 is 23.5 Å². The number of ether oxygens (including phenoxy) is 1. The summed E-state index contributed by atoms with van der Waals surface area (Å²) < 4.78 is 5.30. The summed E-state index contributed by atoms with van der Waals surface area (Å²) in [5.41, 5.74) is 4.09. The molecule has 0 aliphatic carbocycles. The number of hydrogen-bond acceptors (Lipinski definition) is 7. The number of aromatic nitrogens is 1. The first kappa shape index (κ1) is 18.5. The van der Waals surface area contributed by atoms with E-state index in [-0.39, 0.29) is 12.4 Å². The molecule has 0 radical (unpaired) electrons. The molecule has 0 spiro atoms. The van der Waals surface area contributed by atoms with Crippen molar-refractivity contribution in [2.75, 3.05) is 39.4 Å². The summed E-state index contributed by atoms with van der Waals surface area (Å²) >= 11 is 5.15. The Labute approximate surface area is 146 Å². The largest absolute Gasteiger partial charge is 0.505 e. The maximum Gasteiger partial charge on any atom is 0.187 e. The Kier molecular flexibility index (Phi) is 7.32. The summed E-state index contributed by atoms with van der Waals surface area (Å²) in [4.78, 5) is 6.29. The van der Waals surface area contributed by atoms with E-state index in [1.54, 1.807) is 6.92 Å². The first-order valence-electron chi connectivity index (χ1n) is 7.77. The SMILES string of the molecule is Cc1ncc(CO)c(/C=N/NC(=S)NCCN2CCOCC2)c1O. The van der Waals surface area contributed by atoms with Crippen LogP contribution in [0.5, 0.6) is 5.75 Å². The van der Waals surface area contributed by atoms with Gasteiger partial charge >= 0.3 is 0 Å². The number of rotatable bonds is 6. The van der Waals surface area contributed by atoms with Gasteiger partial charge in [0.1, 0.15) is 5.75 Å². The van der Waals surface area contributed by atoms with E-state index in [1.807, 2.05) is 0 Å². The molecule has 9 heteroatoms. The van der Waals surface area contributed by atoms with E-state index in [0.717, 1.165) is 32.8 Å². The second-order valence-corrected chi connectivity index (χ2v) is 5.78. The highest BCUT2D eigenvalue weighted by Crippen LogP contribution is 2.21. The van der Waals surface area contributed by atoms with Crippen molar-refractivity contribution in [1.82, 2.24) is 20.6 Å². The van der Waals surface area contributed by atoms with Gasteiger partial charge in [0.15, 0.2) is 5.11 Å². The minimum atomic E-state index is -0.232. The van der Waals surface area contributed by atoms with Crippen molar-refractivity contribution in [3.63, 3.8) is 0 Å². The van der Waals surface area contributed by atoms with Gasteiger partial charge in [-0.2, -0.15) is 5.10 Å². The standard InChI is InChI=1S/C15H23N5O3S/c1-11-14(22)13(12(10-21)8-17-11)9-18-19-15(24)16-2-3-20-4-6-23-7-5-20/h8-9,21-22H,2-7,10H2,1H3,(H2,16,19,24)/b18-9+. The summed E-state index contributed by atoms with van der Waals surface area (Å²) in [5, 5.41) is 26.8. The molecule has 1 aromatic heterocycles. The van der Waals surface area contributed by atoms with Gasteiger partial charge in [0, 0.05) is 43.5 Å². The molecule has 1 saturated heterocycles. The predicted molar refractivity (Wildman–Crippen MR) is 95.2 cm³/mol. The van der Waals surface area contributed by atoms with Gasteiger partial charge in [0.05, 0.1) is 31.7 Å². The number of nitrogens with zero attached hydrogens (tertiary/aromatic N) is 3. The molecular weight excluding hydrogens is 330 g/mol. The minimum absolute atomic E-state index is 0.00158. The van der Waals surface area contributed by atoms with Crippen LogP contribution in [0.2, 0.25) is 0 Å². The van der Waals surface area contributed by atoms with Gasteiger partial charge in [0.25, 0.3) is 0 Å². The molecule has 132 valence electrons. The van der Waals surface area contributed by atoms with Crippen LogP contribution in [0.4, 0.5) is 0 Å². The molecule has 0 aromatic carbocycles. The molecule has 2 heterocycles. The molecule has 0 bridgehead atoms. The van der Waals surface area contributed by atoms with Crippen LogP contribution in [0, 0.1) is 6.92 Å². The molecule has 0 unspecified atom stereocenters. The summed E-state index contributed by atoms with van der Waals surface area (Å²) in [6.07, 6.45) is 2.93. The van der Waals surface area contributed by atoms with E-state index >= 15 is 0 Å². The molecule has 0 atom stereocenters. The summed E-state index contributed by atoms with van der Waals surface area (Å²) in [6.45, 7) is 6.46. The lowest BCUT2D eigenvalue weighted by molar-refractivity contribution is 0.0389. The number of hydrogen-bond donors (Lipinski definition) is 4. The van der Waals surface area contributed by atoms with E-state index in [9.17, 15) is 10.2 Å². The van der Waals surface area contributed by atoms with Crippen molar-refractivity contribution in [1.29, 1.82) is 0 Å². The maximum atomic E-state index is 10.0. The van der Waals surface area contributed by atoms with Crippen LogP contribution >= 0.6 is 12.2 Å². The second-order valence-electron chi connectivity index (χ2n) is 5.37. The zero-order valence-electron chi connectivity index (χ0n) is 13.7. The highest BCUT2D eigenvalue weighted by Gasteiger charge is 2.10. The Morgan fingerprint density at radius 3 is 2.96 bits per heavy atom. The van der Waals surface area contributed by atoms with Crippen LogP contribution in [0.25, 0.3) is 0 Å². The first-order valence-corrected chi connectivity index (χ1v) is 8.18. The smallest absolute Gasteiger partial charge is 0.187 e. The topological polar surface area (TPSA) is 102 Å². The minimum Gasteiger partial charge on any atom is -0.505 e. The summed E-state index contributed by atoms with van der Waals surface area (Å²) in [7, 11) is 0. The highest BCUT2D eigenvalue weighted by molar-refractivity contribution is 7.80. The molecule has 0 saturated carbocycles. The highest BCUT2D eigenvalue weighted by atomic mass is 32.1. The van der Waals surface area contributed by atoms with Gasteiger partial charge in [-0.25, -0.2) is 0 Å². The third-order valence-electron chi connectivity index (χ3n) is 3.71. The Morgan fingerprint density at radius 1 is 1.50 bits per heavy atom. The molecule has 1 fully saturated rings. The lowest BCUT2D eigenvalue weighted by Crippen LogP contribution is -2.42. The number of aliphatic hydroxyl groups is 1. The predicted octanol–water partition coefficient (Wildman–Crippen LogP) is -0.282. The van der Waals surface area contributed by atoms with Crippen molar-refractivity contribution in [3.05, 3.63) is 23.0 Å². The fourth-order valence-corrected chi connectivity index (χ4v) is 2.42. The third kappa shape index (κ3) is 5.38. The van der Waals surface area contributed by atoms with Crippen LogP contribution in [0.15, 0.2) is 11.3 Å². The summed E-state index contributed by atoms with van der Waals surface area (Å²) in [5.74, 6) is -0.00158. The first-order chi connectivity index (χ1) is 11.6. The third-order valence-corrected chi connectivity index (χ3v) is 3.94. The maximum absolute atomic E-state index is 10.0. The zero-order chi connectivity index (χ0) is 17.4. The number of aryl methyl sites for hydroxylation is 1. The normalized spacial score (nSPS) is 15.6. The molecule has 8 nitrogen and oxygen atoms in total. The molecule has 4 N–H and O–H groups in total. The Bertz CT molecular complexity index is 591. The Balaban J connectivity index is 1.79. The van der Waals surface area contributed by atoms with Crippen LogP contribution in [-0.2, 0) is 11.3 Å². The lowest BCUT2D eigenvalue weighted by Gasteiger charge is -2.26. The van der Waals surface area contributed by atoms with Crippen LogP contribution in [-0.4, -0.2) is 70.8 Å². The molecule has 0 amide bonds. The number of aliphatic hydroxyl groups excluding tert-OH is 1. The molecule has 2 rings (SSSR count).